The first-order valence-electron chi connectivity index (χ1n) is 7.95. The molecule has 1 fully saturated rings. The molecule has 0 saturated carbocycles. The summed E-state index contributed by atoms with van der Waals surface area (Å²) < 4.78 is 5.28. The molecule has 0 radical (unpaired) electrons. The van der Waals surface area contributed by atoms with Crippen molar-refractivity contribution in [3.05, 3.63) is 47.7 Å². The third kappa shape index (κ3) is 3.67. The predicted molar refractivity (Wildman–Crippen MR) is 87.5 cm³/mol. The molecular formula is C17H24N4O. The maximum Gasteiger partial charge on any atom is 0.167 e. The summed E-state index contributed by atoms with van der Waals surface area (Å²) in [6.07, 6.45) is 1.12. The minimum atomic E-state index is 0.237. The van der Waals surface area contributed by atoms with Gasteiger partial charge in [-0.05, 0) is 18.9 Å². The van der Waals surface area contributed by atoms with E-state index in [2.05, 4.69) is 52.2 Å². The van der Waals surface area contributed by atoms with Crippen LogP contribution in [0.3, 0.4) is 0 Å². The SMILES string of the molecule is CC(c1cc(N)no1)N1CCN(CCc2ccccc2)CC1. The largest absolute Gasteiger partial charge is 0.381 e. The number of rotatable bonds is 5. The fourth-order valence-corrected chi connectivity index (χ4v) is 2.99. The zero-order chi connectivity index (χ0) is 15.4. The van der Waals surface area contributed by atoms with Crippen molar-refractivity contribution in [3.63, 3.8) is 0 Å². The molecule has 1 saturated heterocycles. The summed E-state index contributed by atoms with van der Waals surface area (Å²) >= 11 is 0. The van der Waals surface area contributed by atoms with Crippen LogP contribution in [0.1, 0.15) is 24.3 Å². The maximum atomic E-state index is 5.63. The minimum absolute atomic E-state index is 0.237. The smallest absolute Gasteiger partial charge is 0.167 e. The molecule has 2 N–H and O–H groups in total. The summed E-state index contributed by atoms with van der Waals surface area (Å²) in [5, 5.41) is 3.78. The second-order valence-corrected chi connectivity index (χ2v) is 5.94. The quantitative estimate of drug-likeness (QED) is 0.917. The van der Waals surface area contributed by atoms with Crippen LogP contribution in [-0.2, 0) is 6.42 Å². The Labute approximate surface area is 131 Å². The fourth-order valence-electron chi connectivity index (χ4n) is 2.99. The van der Waals surface area contributed by atoms with Crippen molar-refractivity contribution in [1.29, 1.82) is 0 Å². The van der Waals surface area contributed by atoms with Crippen LogP contribution in [0.4, 0.5) is 5.82 Å². The Kier molecular flexibility index (Phi) is 4.75. The van der Waals surface area contributed by atoms with E-state index in [1.807, 2.05) is 6.07 Å². The normalized spacial score (nSPS) is 18.4. The highest BCUT2D eigenvalue weighted by atomic mass is 16.5. The molecule has 1 aliphatic heterocycles. The monoisotopic (exact) mass is 300 g/mol. The number of hydrogen-bond donors (Lipinski definition) is 1. The summed E-state index contributed by atoms with van der Waals surface area (Å²) in [6, 6.07) is 12.8. The highest BCUT2D eigenvalue weighted by Crippen LogP contribution is 2.22. The van der Waals surface area contributed by atoms with Gasteiger partial charge in [-0.2, -0.15) is 0 Å². The van der Waals surface area contributed by atoms with Crippen LogP contribution < -0.4 is 5.73 Å². The van der Waals surface area contributed by atoms with E-state index < -0.39 is 0 Å². The van der Waals surface area contributed by atoms with Crippen molar-refractivity contribution in [2.24, 2.45) is 0 Å². The lowest BCUT2D eigenvalue weighted by Gasteiger charge is -2.37. The van der Waals surface area contributed by atoms with Crippen LogP contribution in [-0.4, -0.2) is 47.7 Å². The Hall–Kier alpha value is -1.85. The highest BCUT2D eigenvalue weighted by molar-refractivity contribution is 5.27. The van der Waals surface area contributed by atoms with E-state index in [0.29, 0.717) is 5.82 Å². The fraction of sp³-hybridized carbons (Fsp3) is 0.471. The van der Waals surface area contributed by atoms with Gasteiger partial charge < -0.3 is 15.2 Å². The van der Waals surface area contributed by atoms with Gasteiger partial charge in [0.2, 0.25) is 0 Å². The molecule has 3 rings (SSSR count). The van der Waals surface area contributed by atoms with Gasteiger partial charge in [-0.15, -0.1) is 0 Å². The molecule has 22 heavy (non-hydrogen) atoms. The van der Waals surface area contributed by atoms with E-state index in [0.717, 1.165) is 44.9 Å². The first kappa shape index (κ1) is 15.1. The van der Waals surface area contributed by atoms with Crippen LogP contribution in [0, 0.1) is 0 Å². The van der Waals surface area contributed by atoms with Gasteiger partial charge in [0.15, 0.2) is 11.6 Å². The number of nitrogens with zero attached hydrogens (tertiary/aromatic N) is 3. The molecule has 1 aromatic heterocycles. The van der Waals surface area contributed by atoms with Crippen LogP contribution in [0.5, 0.6) is 0 Å². The molecule has 1 atom stereocenters. The van der Waals surface area contributed by atoms with Crippen molar-refractivity contribution >= 4 is 5.82 Å². The Balaban J connectivity index is 1.46. The Morgan fingerprint density at radius 2 is 1.91 bits per heavy atom. The molecule has 1 aromatic carbocycles. The van der Waals surface area contributed by atoms with Gasteiger partial charge in [-0.3, -0.25) is 4.90 Å². The zero-order valence-corrected chi connectivity index (χ0v) is 13.1. The van der Waals surface area contributed by atoms with E-state index in [9.17, 15) is 0 Å². The standard InChI is InChI=1S/C17H24N4O/c1-14(16-13-17(18)19-22-16)21-11-9-20(10-12-21)8-7-15-5-3-2-4-6-15/h2-6,13-14H,7-12H2,1H3,(H2,18,19). The molecular weight excluding hydrogens is 276 g/mol. The second-order valence-electron chi connectivity index (χ2n) is 5.94. The molecule has 5 heteroatoms. The minimum Gasteiger partial charge on any atom is -0.381 e. The van der Waals surface area contributed by atoms with Crippen molar-refractivity contribution in [3.8, 4) is 0 Å². The summed E-state index contributed by atoms with van der Waals surface area (Å²) in [4.78, 5) is 4.96. The highest BCUT2D eigenvalue weighted by Gasteiger charge is 2.24. The van der Waals surface area contributed by atoms with Crippen LogP contribution in [0.25, 0.3) is 0 Å². The molecule has 0 amide bonds. The number of nitrogens with two attached hydrogens (primary N) is 1. The van der Waals surface area contributed by atoms with Gasteiger partial charge in [0, 0.05) is 38.8 Å². The van der Waals surface area contributed by atoms with Crippen molar-refractivity contribution in [2.75, 3.05) is 38.5 Å². The molecule has 2 aromatic rings. The third-order valence-electron chi connectivity index (χ3n) is 4.47. The van der Waals surface area contributed by atoms with E-state index in [1.54, 1.807) is 0 Å². The Morgan fingerprint density at radius 1 is 1.18 bits per heavy atom. The lowest BCUT2D eigenvalue weighted by molar-refractivity contribution is 0.0913. The van der Waals surface area contributed by atoms with E-state index >= 15 is 0 Å². The van der Waals surface area contributed by atoms with Crippen LogP contribution in [0.15, 0.2) is 40.9 Å². The zero-order valence-electron chi connectivity index (χ0n) is 13.1. The number of piperazine rings is 1. The topological polar surface area (TPSA) is 58.5 Å². The van der Waals surface area contributed by atoms with Gasteiger partial charge in [-0.25, -0.2) is 0 Å². The molecule has 5 nitrogen and oxygen atoms in total. The summed E-state index contributed by atoms with van der Waals surface area (Å²) in [7, 11) is 0. The molecule has 0 aliphatic carbocycles. The van der Waals surface area contributed by atoms with Gasteiger partial charge >= 0.3 is 0 Å². The summed E-state index contributed by atoms with van der Waals surface area (Å²) in [5.74, 6) is 1.32. The number of nitrogen functional groups attached to an aromatic ring is 1. The number of benzene rings is 1. The maximum absolute atomic E-state index is 5.63. The van der Waals surface area contributed by atoms with Crippen LogP contribution >= 0.6 is 0 Å². The van der Waals surface area contributed by atoms with Gasteiger partial charge in [-0.1, -0.05) is 35.5 Å². The average Bonchev–Trinajstić information content (AvgIpc) is 3.00. The molecule has 0 spiro atoms. The van der Waals surface area contributed by atoms with Crippen molar-refractivity contribution in [1.82, 2.24) is 15.0 Å². The third-order valence-corrected chi connectivity index (χ3v) is 4.47. The van der Waals surface area contributed by atoms with Crippen LogP contribution in [0.2, 0.25) is 0 Å². The predicted octanol–water partition coefficient (Wildman–Crippen LogP) is 2.18. The lowest BCUT2D eigenvalue weighted by atomic mass is 10.1. The molecule has 118 valence electrons. The molecule has 1 aliphatic rings. The number of anilines is 1. The lowest BCUT2D eigenvalue weighted by Crippen LogP contribution is -2.47. The first-order chi connectivity index (χ1) is 10.7. The van der Waals surface area contributed by atoms with Crippen molar-refractivity contribution in [2.45, 2.75) is 19.4 Å². The first-order valence-corrected chi connectivity index (χ1v) is 7.95. The van der Waals surface area contributed by atoms with E-state index in [-0.39, 0.29) is 6.04 Å². The molecule has 1 unspecified atom stereocenters. The van der Waals surface area contributed by atoms with Gasteiger partial charge in [0.25, 0.3) is 0 Å². The molecule has 2 heterocycles. The number of aromatic nitrogens is 1. The number of hydrogen-bond acceptors (Lipinski definition) is 5. The van der Waals surface area contributed by atoms with Gasteiger partial charge in [0.1, 0.15) is 0 Å². The van der Waals surface area contributed by atoms with Gasteiger partial charge in [0.05, 0.1) is 6.04 Å². The van der Waals surface area contributed by atoms with E-state index in [4.69, 9.17) is 10.3 Å². The summed E-state index contributed by atoms with van der Waals surface area (Å²) in [6.45, 7) is 7.58. The summed E-state index contributed by atoms with van der Waals surface area (Å²) in [5.41, 5.74) is 7.04. The van der Waals surface area contributed by atoms with Crippen molar-refractivity contribution < 1.29 is 4.52 Å². The Bertz CT molecular complexity index is 575. The van der Waals surface area contributed by atoms with E-state index in [1.165, 1.54) is 5.56 Å². The average molecular weight is 300 g/mol. The molecule has 0 bridgehead atoms. The Morgan fingerprint density at radius 3 is 2.55 bits per heavy atom. The second kappa shape index (κ2) is 6.94.